The Balaban J connectivity index is 0.00000336. The summed E-state index contributed by atoms with van der Waals surface area (Å²) < 4.78 is 3.34. The first-order valence-corrected chi connectivity index (χ1v) is 12.5. The van der Waals surface area contributed by atoms with Crippen molar-refractivity contribution in [3.63, 3.8) is 0 Å². The number of anilines is 1. The number of rotatable bonds is 6. The van der Waals surface area contributed by atoms with Gasteiger partial charge >= 0.3 is 5.69 Å². The Morgan fingerprint density at radius 3 is 2.42 bits per heavy atom. The fraction of sp³-hybridized carbons (Fsp3) is 0.310. The molecule has 1 aliphatic rings. The summed E-state index contributed by atoms with van der Waals surface area (Å²) in [7, 11) is 1.75. The predicted molar refractivity (Wildman–Crippen MR) is 150 cm³/mol. The lowest BCUT2D eigenvalue weighted by atomic mass is 10.0. The number of pyridine rings is 1. The zero-order chi connectivity index (χ0) is 25.9. The first kappa shape index (κ1) is 26.9. The molecule has 2 aromatic carbocycles. The van der Waals surface area contributed by atoms with Gasteiger partial charge in [-0.15, -0.1) is 12.4 Å². The minimum atomic E-state index is -0.151. The van der Waals surface area contributed by atoms with E-state index in [9.17, 15) is 15.3 Å². The van der Waals surface area contributed by atoms with Crippen LogP contribution in [-0.2, 0) is 20.1 Å². The number of aryl methyl sites for hydroxylation is 2. The van der Waals surface area contributed by atoms with Crippen molar-refractivity contribution in [2.75, 3.05) is 18.0 Å². The number of aromatic nitrogens is 3. The fourth-order valence-electron chi connectivity index (χ4n) is 5.22. The maximum absolute atomic E-state index is 13.4. The normalized spacial score (nSPS) is 15.1. The summed E-state index contributed by atoms with van der Waals surface area (Å²) in [6.07, 6.45) is 2.05. The average Bonchev–Trinajstić information content (AvgIpc) is 3.16. The quantitative estimate of drug-likeness (QED) is 0.406. The largest absolute Gasteiger partial charge is 0.368 e. The molecule has 0 spiro atoms. The number of nitriles is 2. The molecule has 0 radical (unpaired) electrons. The molecule has 3 heterocycles. The van der Waals surface area contributed by atoms with E-state index in [1.807, 2.05) is 49.4 Å². The van der Waals surface area contributed by atoms with E-state index < -0.39 is 0 Å². The van der Waals surface area contributed by atoms with Gasteiger partial charge in [0.05, 0.1) is 35.5 Å². The molecule has 0 bridgehead atoms. The van der Waals surface area contributed by atoms with Crippen LogP contribution in [0.5, 0.6) is 0 Å². The Labute approximate surface area is 228 Å². The van der Waals surface area contributed by atoms with Crippen molar-refractivity contribution in [3.8, 4) is 12.1 Å². The van der Waals surface area contributed by atoms with Gasteiger partial charge in [-0.2, -0.15) is 10.5 Å². The van der Waals surface area contributed by atoms with E-state index >= 15 is 0 Å². The van der Waals surface area contributed by atoms with E-state index in [-0.39, 0.29) is 24.1 Å². The molecule has 0 aliphatic carbocycles. The second kappa shape index (κ2) is 11.5. The van der Waals surface area contributed by atoms with Crippen molar-refractivity contribution in [3.05, 3.63) is 93.0 Å². The lowest BCUT2D eigenvalue weighted by Gasteiger charge is -2.35. The first-order chi connectivity index (χ1) is 18.0. The van der Waals surface area contributed by atoms with Crippen LogP contribution in [0.15, 0.2) is 59.4 Å². The number of fused-ring (bicyclic) bond motifs is 1. The minimum Gasteiger partial charge on any atom is -0.368 e. The van der Waals surface area contributed by atoms with Crippen LogP contribution in [0.2, 0.25) is 0 Å². The number of nitrogens with one attached hydrogen (secondary N) is 1. The van der Waals surface area contributed by atoms with Crippen LogP contribution in [0.4, 0.5) is 5.69 Å². The van der Waals surface area contributed by atoms with Crippen LogP contribution in [0, 0.1) is 29.6 Å². The molecular formula is C29H30ClN7O. The summed E-state index contributed by atoms with van der Waals surface area (Å²) in [4.78, 5) is 20.4. The molecule has 5 rings (SSSR count). The molecular weight excluding hydrogens is 498 g/mol. The molecule has 0 amide bonds. The van der Waals surface area contributed by atoms with Crippen molar-refractivity contribution in [1.29, 1.82) is 10.5 Å². The number of hydrogen-bond donors (Lipinski definition) is 1. The Morgan fingerprint density at radius 2 is 1.71 bits per heavy atom. The molecule has 9 heteroatoms. The standard InChI is InChI=1S/C29H29N7O.ClH/c1-20-14-26(35-13-7-12-25(19-35)32-17-23-10-5-3-8-21(23)15-30)27-28(33-20)34(2)29(37)36(27)18-24-11-6-4-9-22(24)16-31;/h3-6,8-11,14,25,32H,7,12-13,17-19H2,1-2H3;1H/t25-;/m1./s1. The Bertz CT molecular complexity index is 1610. The van der Waals surface area contributed by atoms with E-state index in [2.05, 4.69) is 28.4 Å². The van der Waals surface area contributed by atoms with Crippen molar-refractivity contribution in [1.82, 2.24) is 19.4 Å². The fourth-order valence-corrected chi connectivity index (χ4v) is 5.22. The Kier molecular flexibility index (Phi) is 8.16. The Hall–Kier alpha value is -4.11. The summed E-state index contributed by atoms with van der Waals surface area (Å²) >= 11 is 0. The summed E-state index contributed by atoms with van der Waals surface area (Å²) in [6.45, 7) is 4.55. The van der Waals surface area contributed by atoms with Gasteiger partial charge in [-0.1, -0.05) is 36.4 Å². The van der Waals surface area contributed by atoms with E-state index in [1.165, 1.54) is 0 Å². The van der Waals surface area contributed by atoms with Crippen LogP contribution in [0.1, 0.15) is 40.8 Å². The SMILES string of the molecule is Cc1cc(N2CCC[C@@H](NCc3ccccc3C#N)C2)c2c(n1)n(C)c(=O)n2Cc1ccccc1C#N.Cl. The number of imidazole rings is 1. The summed E-state index contributed by atoms with van der Waals surface area (Å²) in [5.74, 6) is 0. The zero-order valence-electron chi connectivity index (χ0n) is 21.5. The third-order valence-electron chi connectivity index (χ3n) is 7.14. The molecule has 38 heavy (non-hydrogen) atoms. The maximum atomic E-state index is 13.4. The van der Waals surface area contributed by atoms with Crippen molar-refractivity contribution in [2.45, 2.75) is 38.9 Å². The molecule has 0 saturated carbocycles. The number of benzene rings is 2. The monoisotopic (exact) mass is 527 g/mol. The predicted octanol–water partition coefficient (Wildman–Crippen LogP) is 4.02. The molecule has 1 aliphatic heterocycles. The number of piperidine rings is 1. The average molecular weight is 528 g/mol. The maximum Gasteiger partial charge on any atom is 0.330 e. The smallest absolute Gasteiger partial charge is 0.330 e. The molecule has 4 aromatic rings. The van der Waals surface area contributed by atoms with Gasteiger partial charge in [-0.25, -0.2) is 9.78 Å². The van der Waals surface area contributed by atoms with Crippen LogP contribution < -0.4 is 15.9 Å². The van der Waals surface area contributed by atoms with Gasteiger partial charge in [0.2, 0.25) is 0 Å². The second-order valence-corrected chi connectivity index (χ2v) is 9.59. The highest BCUT2D eigenvalue weighted by Crippen LogP contribution is 2.29. The summed E-state index contributed by atoms with van der Waals surface area (Å²) in [5.41, 5.74) is 6.19. The minimum absolute atomic E-state index is 0. The Morgan fingerprint density at radius 1 is 1.05 bits per heavy atom. The van der Waals surface area contributed by atoms with Gasteiger partial charge in [0, 0.05) is 38.4 Å². The van der Waals surface area contributed by atoms with Crippen LogP contribution in [0.3, 0.4) is 0 Å². The highest BCUT2D eigenvalue weighted by Gasteiger charge is 2.25. The molecule has 8 nitrogen and oxygen atoms in total. The molecule has 1 N–H and O–H groups in total. The lowest BCUT2D eigenvalue weighted by Crippen LogP contribution is -2.45. The van der Waals surface area contributed by atoms with E-state index in [4.69, 9.17) is 4.98 Å². The molecule has 1 fully saturated rings. The van der Waals surface area contributed by atoms with Crippen molar-refractivity contribution < 1.29 is 0 Å². The molecule has 2 aromatic heterocycles. The third kappa shape index (κ3) is 5.15. The molecule has 1 saturated heterocycles. The van der Waals surface area contributed by atoms with Crippen LogP contribution in [0.25, 0.3) is 11.2 Å². The highest BCUT2D eigenvalue weighted by atomic mass is 35.5. The van der Waals surface area contributed by atoms with Gasteiger partial charge in [-0.3, -0.25) is 9.13 Å². The highest BCUT2D eigenvalue weighted by molar-refractivity contribution is 5.87. The van der Waals surface area contributed by atoms with Gasteiger partial charge in [0.1, 0.15) is 5.52 Å². The van der Waals surface area contributed by atoms with Crippen molar-refractivity contribution >= 4 is 29.3 Å². The third-order valence-corrected chi connectivity index (χ3v) is 7.14. The van der Waals surface area contributed by atoms with Crippen LogP contribution >= 0.6 is 12.4 Å². The van der Waals surface area contributed by atoms with E-state index in [0.29, 0.717) is 29.9 Å². The first-order valence-electron chi connectivity index (χ1n) is 12.5. The van der Waals surface area contributed by atoms with Crippen molar-refractivity contribution in [2.24, 2.45) is 7.05 Å². The lowest BCUT2D eigenvalue weighted by molar-refractivity contribution is 0.421. The van der Waals surface area contributed by atoms with Gasteiger partial charge in [-0.05, 0) is 49.1 Å². The summed E-state index contributed by atoms with van der Waals surface area (Å²) in [6, 6.07) is 21.9. The molecule has 0 unspecified atom stereocenters. The number of nitrogens with zero attached hydrogens (tertiary/aromatic N) is 6. The van der Waals surface area contributed by atoms with Crippen LogP contribution in [-0.4, -0.2) is 33.2 Å². The zero-order valence-corrected chi connectivity index (χ0v) is 22.3. The van der Waals surface area contributed by atoms with Gasteiger partial charge in [0.15, 0.2) is 5.65 Å². The van der Waals surface area contributed by atoms with Gasteiger partial charge < -0.3 is 10.2 Å². The van der Waals surface area contributed by atoms with Gasteiger partial charge in [0.25, 0.3) is 0 Å². The summed E-state index contributed by atoms with van der Waals surface area (Å²) in [5, 5.41) is 22.7. The molecule has 194 valence electrons. The molecule has 1 atom stereocenters. The number of hydrogen-bond acceptors (Lipinski definition) is 6. The second-order valence-electron chi connectivity index (χ2n) is 9.59. The topological polar surface area (TPSA) is 103 Å². The van der Waals surface area contributed by atoms with E-state index in [0.717, 1.165) is 54.0 Å². The number of halogens is 1. The van der Waals surface area contributed by atoms with E-state index in [1.54, 1.807) is 22.2 Å².